The van der Waals surface area contributed by atoms with Gasteiger partial charge in [0, 0.05) is 0 Å². The molecule has 1 aromatic carbocycles. The third-order valence-electron chi connectivity index (χ3n) is 1.77. The van der Waals surface area contributed by atoms with Crippen LogP contribution in [-0.4, -0.2) is 19.3 Å². The van der Waals surface area contributed by atoms with E-state index in [1.807, 2.05) is 0 Å². The van der Waals surface area contributed by atoms with Gasteiger partial charge in [0.2, 0.25) is 0 Å². The summed E-state index contributed by atoms with van der Waals surface area (Å²) in [5.41, 5.74) is 1.40. The fourth-order valence-electron chi connectivity index (χ4n) is 1.04. The number of hydrogen-bond donors (Lipinski definition) is 0. The van der Waals surface area contributed by atoms with E-state index in [0.717, 1.165) is 0 Å². The van der Waals surface area contributed by atoms with Crippen LogP contribution in [-0.2, 0) is 0 Å². The van der Waals surface area contributed by atoms with Crippen molar-refractivity contribution in [2.24, 2.45) is 0 Å². The minimum atomic E-state index is -0.490. The molecule has 0 fully saturated rings. The van der Waals surface area contributed by atoms with E-state index in [9.17, 15) is 0 Å². The number of halogens is 1. The summed E-state index contributed by atoms with van der Waals surface area (Å²) >= 11 is -0.490. The van der Waals surface area contributed by atoms with Crippen LogP contribution < -0.4 is 3.69 Å². The standard InChI is InChI=1S/C9H11.ClH.Mg/c1-8(2)9-6-4-3-5-7-9;;/h3-4,6-8H,1-2H3;1H;/q;;+1/p-1. The summed E-state index contributed by atoms with van der Waals surface area (Å²) in [4.78, 5) is 0. The van der Waals surface area contributed by atoms with Crippen molar-refractivity contribution in [1.82, 2.24) is 0 Å². The van der Waals surface area contributed by atoms with Gasteiger partial charge in [-0.25, -0.2) is 0 Å². The summed E-state index contributed by atoms with van der Waals surface area (Å²) in [5.74, 6) is 0.618. The molecule has 56 valence electrons. The average Bonchev–Trinajstić information content (AvgIpc) is 2.05. The van der Waals surface area contributed by atoms with Gasteiger partial charge in [-0.2, -0.15) is 0 Å². The van der Waals surface area contributed by atoms with Crippen LogP contribution in [0.2, 0.25) is 0 Å². The molecule has 0 aliphatic rings. The second-order valence-electron chi connectivity index (χ2n) is 3.03. The lowest BCUT2D eigenvalue weighted by Gasteiger charge is -2.05. The van der Waals surface area contributed by atoms with Crippen molar-refractivity contribution < 1.29 is 0 Å². The van der Waals surface area contributed by atoms with E-state index in [4.69, 9.17) is 9.07 Å². The molecule has 0 saturated heterocycles. The van der Waals surface area contributed by atoms with Crippen LogP contribution in [0.4, 0.5) is 0 Å². The Hall–Kier alpha value is 0.276. The predicted molar refractivity (Wildman–Crippen MR) is 51.8 cm³/mol. The van der Waals surface area contributed by atoms with E-state index < -0.39 is 19.3 Å². The molecule has 11 heavy (non-hydrogen) atoms. The first-order valence-electron chi connectivity index (χ1n) is 3.89. The Morgan fingerprint density at radius 1 is 1.36 bits per heavy atom. The molecule has 0 atom stereocenters. The van der Waals surface area contributed by atoms with E-state index in [0.29, 0.717) is 5.92 Å². The Morgan fingerprint density at radius 2 is 2.09 bits per heavy atom. The number of rotatable bonds is 2. The lowest BCUT2D eigenvalue weighted by molar-refractivity contribution is 0.868. The van der Waals surface area contributed by atoms with Gasteiger partial charge in [-0.05, 0) is 11.5 Å². The maximum Gasteiger partial charge on any atom is 0.538 e. The highest BCUT2D eigenvalue weighted by atomic mass is 35.5. The van der Waals surface area contributed by atoms with E-state index in [1.165, 1.54) is 9.26 Å². The van der Waals surface area contributed by atoms with Crippen LogP contribution in [0, 0.1) is 0 Å². The molecule has 0 N–H and O–H groups in total. The number of hydrogen-bond acceptors (Lipinski definition) is 0. The van der Waals surface area contributed by atoms with Gasteiger partial charge in [-0.15, -0.1) is 3.69 Å². The van der Waals surface area contributed by atoms with Gasteiger partial charge < -0.3 is 9.07 Å². The van der Waals surface area contributed by atoms with Crippen molar-refractivity contribution in [3.8, 4) is 0 Å². The zero-order chi connectivity index (χ0) is 8.27. The fourth-order valence-corrected chi connectivity index (χ4v) is 2.07. The molecule has 0 saturated carbocycles. The van der Waals surface area contributed by atoms with Crippen molar-refractivity contribution in [3.05, 3.63) is 29.8 Å². The highest BCUT2D eigenvalue weighted by molar-refractivity contribution is 7.01. The largest absolute Gasteiger partial charge is 0.538 e. The lowest BCUT2D eigenvalue weighted by Crippen LogP contribution is -2.09. The zero-order valence-corrected chi connectivity index (χ0v) is 9.14. The molecule has 0 amide bonds. The normalized spacial score (nSPS) is 9.82. The molecule has 0 bridgehead atoms. The molecule has 0 nitrogen and oxygen atoms in total. The van der Waals surface area contributed by atoms with Gasteiger partial charge in [-0.1, -0.05) is 38.1 Å². The first-order chi connectivity index (χ1) is 5.24. The predicted octanol–water partition coefficient (Wildman–Crippen LogP) is 2.29. The second-order valence-corrected chi connectivity index (χ2v) is 4.92. The van der Waals surface area contributed by atoms with Gasteiger partial charge >= 0.3 is 19.3 Å². The molecule has 0 spiro atoms. The molecule has 0 aromatic heterocycles. The maximum absolute atomic E-state index is 5.84. The first kappa shape index (κ1) is 9.36. The topological polar surface area (TPSA) is 0 Å². The maximum atomic E-state index is 5.84. The fraction of sp³-hybridized carbons (Fsp3) is 0.333. The smallest absolute Gasteiger partial charge is 0.336 e. The zero-order valence-electron chi connectivity index (χ0n) is 6.97. The van der Waals surface area contributed by atoms with Crippen LogP contribution in [0.3, 0.4) is 0 Å². The van der Waals surface area contributed by atoms with Crippen molar-refractivity contribution in [2.75, 3.05) is 0 Å². The van der Waals surface area contributed by atoms with E-state index in [1.54, 1.807) is 0 Å². The summed E-state index contributed by atoms with van der Waals surface area (Å²) < 4.78 is 1.35. The van der Waals surface area contributed by atoms with Gasteiger partial charge in [0.1, 0.15) is 0 Å². The van der Waals surface area contributed by atoms with Crippen LogP contribution in [0.15, 0.2) is 24.3 Å². The lowest BCUT2D eigenvalue weighted by atomic mass is 10.0. The van der Waals surface area contributed by atoms with Crippen molar-refractivity contribution in [3.63, 3.8) is 0 Å². The summed E-state index contributed by atoms with van der Waals surface area (Å²) in [5, 5.41) is 0. The van der Waals surface area contributed by atoms with Gasteiger partial charge in [0.15, 0.2) is 0 Å². The minimum absolute atomic E-state index is 0.490. The number of benzene rings is 1. The Kier molecular flexibility index (Phi) is 3.69. The summed E-state index contributed by atoms with van der Waals surface area (Å²) in [6, 6.07) is 8.60. The van der Waals surface area contributed by atoms with Crippen molar-refractivity contribution >= 4 is 32.0 Å². The van der Waals surface area contributed by atoms with Crippen molar-refractivity contribution in [2.45, 2.75) is 19.8 Å². The Balaban J connectivity index is 2.91. The molecule has 1 aromatic rings. The Morgan fingerprint density at radius 3 is 2.64 bits per heavy atom. The van der Waals surface area contributed by atoms with Crippen LogP contribution in [0.25, 0.3) is 0 Å². The van der Waals surface area contributed by atoms with E-state index in [-0.39, 0.29) is 0 Å². The third kappa shape index (κ3) is 2.66. The van der Waals surface area contributed by atoms with E-state index >= 15 is 0 Å². The SMILES string of the molecule is CC(C)c1ccc[c]([Mg][Cl])c1. The molecular weight excluding hydrogens is 168 g/mol. The van der Waals surface area contributed by atoms with E-state index in [2.05, 4.69) is 38.1 Å². The quantitative estimate of drug-likeness (QED) is 0.611. The van der Waals surface area contributed by atoms with Crippen LogP contribution >= 0.6 is 9.07 Å². The van der Waals surface area contributed by atoms with Gasteiger partial charge in [0.05, 0.1) is 0 Å². The Labute approximate surface area is 81.5 Å². The molecule has 0 unspecified atom stereocenters. The molecular formula is C9H11ClMg. The van der Waals surface area contributed by atoms with Gasteiger partial charge in [0.25, 0.3) is 0 Å². The van der Waals surface area contributed by atoms with Crippen LogP contribution in [0.1, 0.15) is 25.3 Å². The molecule has 0 heterocycles. The molecule has 0 aliphatic heterocycles. The molecule has 0 aliphatic carbocycles. The highest BCUT2D eigenvalue weighted by Gasteiger charge is 2.00. The minimum Gasteiger partial charge on any atom is -0.336 e. The third-order valence-corrected chi connectivity index (χ3v) is 3.45. The average molecular weight is 179 g/mol. The summed E-state index contributed by atoms with van der Waals surface area (Å²) in [6.07, 6.45) is 0. The van der Waals surface area contributed by atoms with Crippen molar-refractivity contribution in [1.29, 1.82) is 0 Å². The summed E-state index contributed by atoms with van der Waals surface area (Å²) in [7, 11) is 5.84. The van der Waals surface area contributed by atoms with Gasteiger partial charge in [-0.3, -0.25) is 0 Å². The molecule has 0 radical (unpaired) electrons. The molecule has 1 rings (SSSR count). The Bertz CT molecular complexity index is 233. The first-order valence-corrected chi connectivity index (χ1v) is 6.73. The highest BCUT2D eigenvalue weighted by Crippen LogP contribution is 2.11. The summed E-state index contributed by atoms with van der Waals surface area (Å²) in [6.45, 7) is 4.41. The van der Waals surface area contributed by atoms with Crippen LogP contribution in [0.5, 0.6) is 0 Å². The second kappa shape index (κ2) is 4.34. The monoisotopic (exact) mass is 178 g/mol. The molecule has 2 heteroatoms.